The van der Waals surface area contributed by atoms with E-state index in [9.17, 15) is 17.6 Å². The Morgan fingerprint density at radius 3 is 2.46 bits per heavy atom. The molecule has 5 nitrogen and oxygen atoms in total. The molecule has 0 heterocycles. The summed E-state index contributed by atoms with van der Waals surface area (Å²) in [7, 11) is -3.58. The lowest BCUT2D eigenvalue weighted by Crippen LogP contribution is -2.38. The highest BCUT2D eigenvalue weighted by molar-refractivity contribution is 7.88. The van der Waals surface area contributed by atoms with Gasteiger partial charge < -0.3 is 5.32 Å². The van der Waals surface area contributed by atoms with Crippen LogP contribution in [0.3, 0.4) is 0 Å². The van der Waals surface area contributed by atoms with Gasteiger partial charge in [-0.2, -0.15) is 4.31 Å². The first-order chi connectivity index (χ1) is 12.2. The molecule has 0 saturated carbocycles. The van der Waals surface area contributed by atoms with Gasteiger partial charge in [-0.1, -0.05) is 29.8 Å². The van der Waals surface area contributed by atoms with Crippen LogP contribution in [0, 0.1) is 12.7 Å². The van der Waals surface area contributed by atoms with Crippen LogP contribution >= 0.6 is 11.6 Å². The quantitative estimate of drug-likeness (QED) is 0.778. The largest absolute Gasteiger partial charge is 0.325 e. The van der Waals surface area contributed by atoms with Crippen molar-refractivity contribution < 1.29 is 17.6 Å². The molecule has 0 aliphatic heterocycles. The van der Waals surface area contributed by atoms with Crippen molar-refractivity contribution in [2.45, 2.75) is 13.3 Å². The van der Waals surface area contributed by atoms with Crippen LogP contribution in [0.15, 0.2) is 42.5 Å². The molecule has 26 heavy (non-hydrogen) atoms. The Morgan fingerprint density at radius 2 is 1.85 bits per heavy atom. The van der Waals surface area contributed by atoms with Crippen molar-refractivity contribution in [2.24, 2.45) is 0 Å². The number of hydrogen-bond acceptors (Lipinski definition) is 3. The molecule has 0 bridgehead atoms. The van der Waals surface area contributed by atoms with Crippen molar-refractivity contribution in [3.63, 3.8) is 0 Å². The van der Waals surface area contributed by atoms with Gasteiger partial charge in [0.25, 0.3) is 0 Å². The number of nitrogens with zero attached hydrogens (tertiary/aromatic N) is 1. The van der Waals surface area contributed by atoms with E-state index in [1.165, 1.54) is 12.1 Å². The maximum atomic E-state index is 12.9. The highest BCUT2D eigenvalue weighted by atomic mass is 35.5. The zero-order valence-electron chi connectivity index (χ0n) is 14.5. The van der Waals surface area contributed by atoms with Crippen LogP contribution in [0.1, 0.15) is 11.1 Å². The van der Waals surface area contributed by atoms with Gasteiger partial charge in [-0.05, 0) is 48.7 Å². The Hall–Kier alpha value is -1.96. The maximum absolute atomic E-state index is 12.9. The van der Waals surface area contributed by atoms with Gasteiger partial charge in [-0.3, -0.25) is 4.79 Å². The third-order valence-corrected chi connectivity index (χ3v) is 5.55. The summed E-state index contributed by atoms with van der Waals surface area (Å²) in [4.78, 5) is 12.3. The summed E-state index contributed by atoms with van der Waals surface area (Å²) in [5.74, 6) is -0.815. The topological polar surface area (TPSA) is 66.5 Å². The molecule has 0 aliphatic rings. The van der Waals surface area contributed by atoms with Crippen LogP contribution in [-0.2, 0) is 21.2 Å². The molecule has 0 aliphatic carbocycles. The molecule has 0 fully saturated rings. The van der Waals surface area contributed by atoms with E-state index in [0.717, 1.165) is 16.1 Å². The number of carbonyl (C=O) groups excluding carboxylic acids is 1. The summed E-state index contributed by atoms with van der Waals surface area (Å²) in [6.07, 6.45) is 1.42. The molecule has 0 aromatic heterocycles. The highest BCUT2D eigenvalue weighted by Gasteiger charge is 2.20. The normalized spacial score (nSPS) is 11.6. The van der Waals surface area contributed by atoms with Crippen LogP contribution in [0.25, 0.3) is 0 Å². The minimum Gasteiger partial charge on any atom is -0.325 e. The summed E-state index contributed by atoms with van der Waals surface area (Å²) in [6, 6.07) is 10.9. The molecule has 1 N–H and O–H groups in total. The Balaban J connectivity index is 2.04. The minimum absolute atomic E-state index is 0.117. The summed E-state index contributed by atoms with van der Waals surface area (Å²) < 4.78 is 38.0. The number of rotatable bonds is 7. The molecule has 2 aromatic carbocycles. The standard InChI is InChI=1S/C18H20ClFN2O3S/c1-13-16(19)4-3-5-17(13)21-18(23)12-22(26(2,24)25)11-10-14-6-8-15(20)9-7-14/h3-9H,10-12H2,1-2H3,(H,21,23). The molecule has 140 valence electrons. The van der Waals surface area contributed by atoms with Gasteiger partial charge in [-0.25, -0.2) is 12.8 Å². The van der Waals surface area contributed by atoms with E-state index >= 15 is 0 Å². The van der Waals surface area contributed by atoms with E-state index in [2.05, 4.69) is 5.32 Å². The van der Waals surface area contributed by atoms with Gasteiger partial charge >= 0.3 is 0 Å². The number of nitrogens with one attached hydrogen (secondary N) is 1. The predicted molar refractivity (Wildman–Crippen MR) is 101 cm³/mol. The Labute approximate surface area is 157 Å². The number of halogens is 2. The van der Waals surface area contributed by atoms with Crippen LogP contribution < -0.4 is 5.32 Å². The van der Waals surface area contributed by atoms with Crippen molar-refractivity contribution >= 4 is 33.2 Å². The molecule has 0 atom stereocenters. The van der Waals surface area contributed by atoms with E-state index in [4.69, 9.17) is 11.6 Å². The molecule has 0 saturated heterocycles. The highest BCUT2D eigenvalue weighted by Crippen LogP contribution is 2.22. The third-order valence-electron chi connectivity index (χ3n) is 3.89. The van der Waals surface area contributed by atoms with Crippen LogP contribution in [0.2, 0.25) is 5.02 Å². The summed E-state index contributed by atoms with van der Waals surface area (Å²) >= 11 is 6.02. The number of benzene rings is 2. The van der Waals surface area contributed by atoms with Crippen molar-refractivity contribution in [3.05, 3.63) is 64.4 Å². The monoisotopic (exact) mass is 398 g/mol. The van der Waals surface area contributed by atoms with Crippen molar-refractivity contribution in [2.75, 3.05) is 24.7 Å². The van der Waals surface area contributed by atoms with Gasteiger partial charge in [0.15, 0.2) is 0 Å². The van der Waals surface area contributed by atoms with E-state index in [1.807, 2.05) is 0 Å². The molecule has 0 radical (unpaired) electrons. The van der Waals surface area contributed by atoms with E-state index in [1.54, 1.807) is 37.3 Å². The molecule has 8 heteroatoms. The molecule has 0 spiro atoms. The Morgan fingerprint density at radius 1 is 1.19 bits per heavy atom. The summed E-state index contributed by atoms with van der Waals surface area (Å²) in [5.41, 5.74) is 2.03. The van der Waals surface area contributed by atoms with Crippen molar-refractivity contribution in [1.82, 2.24) is 4.31 Å². The zero-order chi connectivity index (χ0) is 19.3. The molecular weight excluding hydrogens is 379 g/mol. The lowest BCUT2D eigenvalue weighted by molar-refractivity contribution is -0.116. The van der Waals surface area contributed by atoms with Gasteiger partial charge in [0.05, 0.1) is 12.8 Å². The van der Waals surface area contributed by atoms with E-state index < -0.39 is 15.9 Å². The minimum atomic E-state index is -3.58. The molecular formula is C18H20ClFN2O3S. The lowest BCUT2D eigenvalue weighted by Gasteiger charge is -2.20. The fraction of sp³-hybridized carbons (Fsp3) is 0.278. The average Bonchev–Trinajstić information content (AvgIpc) is 2.56. The first kappa shape index (κ1) is 20.4. The average molecular weight is 399 g/mol. The van der Waals surface area contributed by atoms with Gasteiger partial charge in [0.2, 0.25) is 15.9 Å². The lowest BCUT2D eigenvalue weighted by atomic mass is 10.1. The SMILES string of the molecule is Cc1c(Cl)cccc1NC(=O)CN(CCc1ccc(F)cc1)S(C)(=O)=O. The Kier molecular flexibility index (Phi) is 6.75. The van der Waals surface area contributed by atoms with E-state index in [-0.39, 0.29) is 18.9 Å². The first-order valence-corrected chi connectivity index (χ1v) is 10.1. The molecule has 0 unspecified atom stereocenters. The number of amides is 1. The first-order valence-electron chi connectivity index (χ1n) is 7.91. The fourth-order valence-electron chi connectivity index (χ4n) is 2.36. The van der Waals surface area contributed by atoms with Crippen LogP contribution in [-0.4, -0.2) is 38.0 Å². The van der Waals surface area contributed by atoms with Gasteiger partial charge in [0, 0.05) is 17.3 Å². The second-order valence-corrected chi connectivity index (χ2v) is 8.32. The number of hydrogen-bond donors (Lipinski definition) is 1. The number of anilines is 1. The number of sulfonamides is 1. The second kappa shape index (κ2) is 8.62. The second-order valence-electron chi connectivity index (χ2n) is 5.93. The molecule has 1 amide bonds. The van der Waals surface area contributed by atoms with Crippen LogP contribution in [0.4, 0.5) is 10.1 Å². The maximum Gasteiger partial charge on any atom is 0.239 e. The van der Waals surface area contributed by atoms with Gasteiger partial charge in [-0.15, -0.1) is 0 Å². The van der Waals surface area contributed by atoms with Gasteiger partial charge in [0.1, 0.15) is 5.82 Å². The van der Waals surface area contributed by atoms with Crippen molar-refractivity contribution in [1.29, 1.82) is 0 Å². The zero-order valence-corrected chi connectivity index (χ0v) is 16.1. The smallest absolute Gasteiger partial charge is 0.239 e. The van der Waals surface area contributed by atoms with Crippen molar-refractivity contribution in [3.8, 4) is 0 Å². The summed E-state index contributed by atoms with van der Waals surface area (Å²) in [6.45, 7) is 1.57. The summed E-state index contributed by atoms with van der Waals surface area (Å²) in [5, 5.41) is 3.19. The van der Waals surface area contributed by atoms with Crippen LogP contribution in [0.5, 0.6) is 0 Å². The number of carbonyl (C=O) groups is 1. The third kappa shape index (κ3) is 5.79. The fourth-order valence-corrected chi connectivity index (χ4v) is 3.31. The predicted octanol–water partition coefficient (Wildman–Crippen LogP) is 3.23. The molecule has 2 rings (SSSR count). The van der Waals surface area contributed by atoms with E-state index in [0.29, 0.717) is 22.7 Å². The Bertz CT molecular complexity index is 886. The molecule has 2 aromatic rings.